The molecule has 0 saturated carbocycles. The lowest BCUT2D eigenvalue weighted by molar-refractivity contribution is -0.136. The van der Waals surface area contributed by atoms with Crippen molar-refractivity contribution in [3.05, 3.63) is 87.9 Å². The van der Waals surface area contributed by atoms with Crippen LogP contribution in [-0.4, -0.2) is 30.5 Å². The zero-order valence-electron chi connectivity index (χ0n) is 19.5. The van der Waals surface area contributed by atoms with Crippen LogP contribution in [-0.2, 0) is 14.4 Å². The van der Waals surface area contributed by atoms with Crippen molar-refractivity contribution >= 4 is 46.9 Å². The Balaban J connectivity index is 1.50. The van der Waals surface area contributed by atoms with Crippen molar-refractivity contribution in [3.8, 4) is 5.75 Å². The number of ether oxygens (including phenoxy) is 1. The number of hydrazone groups is 1. The number of carbonyl (C=O) groups is 3. The van der Waals surface area contributed by atoms with E-state index in [-0.39, 0.29) is 12.5 Å². The highest BCUT2D eigenvalue weighted by atomic mass is 35.5. The molecule has 3 N–H and O–H groups in total. The lowest BCUT2D eigenvalue weighted by atomic mass is 10.1. The number of benzene rings is 3. The molecule has 0 fully saturated rings. The first kappa shape index (κ1) is 25.5. The van der Waals surface area contributed by atoms with E-state index in [0.717, 1.165) is 16.7 Å². The van der Waals surface area contributed by atoms with Gasteiger partial charge in [0.05, 0.1) is 6.21 Å². The van der Waals surface area contributed by atoms with Crippen LogP contribution in [0.4, 0.5) is 11.4 Å². The van der Waals surface area contributed by atoms with Gasteiger partial charge in [-0.05, 0) is 67.3 Å². The average Bonchev–Trinajstić information content (AvgIpc) is 2.82. The van der Waals surface area contributed by atoms with Gasteiger partial charge in [0.15, 0.2) is 6.61 Å². The number of hydrogen-bond donors (Lipinski definition) is 3. The maximum absolute atomic E-state index is 12.2. The van der Waals surface area contributed by atoms with Crippen LogP contribution in [0.3, 0.4) is 0 Å². The van der Waals surface area contributed by atoms with Gasteiger partial charge < -0.3 is 15.4 Å². The van der Waals surface area contributed by atoms with Crippen LogP contribution in [0, 0.1) is 20.8 Å². The molecule has 0 radical (unpaired) electrons. The number of nitrogens with zero attached hydrogens (tertiary/aromatic N) is 1. The number of nitrogens with one attached hydrogen (secondary N) is 3. The second-order valence-electron chi connectivity index (χ2n) is 7.79. The highest BCUT2D eigenvalue weighted by molar-refractivity contribution is 6.39. The topological polar surface area (TPSA) is 109 Å². The number of anilines is 2. The minimum absolute atomic E-state index is 0.207. The Morgan fingerprint density at radius 2 is 1.60 bits per heavy atom. The van der Waals surface area contributed by atoms with Gasteiger partial charge in [-0.1, -0.05) is 48.0 Å². The van der Waals surface area contributed by atoms with Crippen molar-refractivity contribution in [2.24, 2.45) is 5.10 Å². The van der Waals surface area contributed by atoms with E-state index < -0.39 is 11.8 Å². The van der Waals surface area contributed by atoms with E-state index in [1.807, 2.05) is 45.0 Å². The molecule has 180 valence electrons. The normalized spacial score (nSPS) is 10.6. The summed E-state index contributed by atoms with van der Waals surface area (Å²) < 4.78 is 5.53. The second kappa shape index (κ2) is 11.8. The van der Waals surface area contributed by atoms with Crippen LogP contribution < -0.4 is 20.8 Å². The molecule has 8 nitrogen and oxygen atoms in total. The highest BCUT2D eigenvalue weighted by Crippen LogP contribution is 2.20. The molecule has 0 heterocycles. The van der Waals surface area contributed by atoms with Crippen LogP contribution in [0.15, 0.2) is 65.8 Å². The lowest BCUT2D eigenvalue weighted by Crippen LogP contribution is -2.32. The minimum atomic E-state index is -0.899. The quantitative estimate of drug-likeness (QED) is 0.258. The Morgan fingerprint density at radius 3 is 2.31 bits per heavy atom. The van der Waals surface area contributed by atoms with E-state index >= 15 is 0 Å². The number of para-hydroxylation sites is 1. The molecule has 0 aliphatic heterocycles. The molecule has 9 heteroatoms. The first-order valence-corrected chi connectivity index (χ1v) is 11.1. The van der Waals surface area contributed by atoms with Crippen molar-refractivity contribution in [3.63, 3.8) is 0 Å². The number of aryl methyl sites for hydroxylation is 3. The second-order valence-corrected chi connectivity index (χ2v) is 8.20. The van der Waals surface area contributed by atoms with E-state index in [0.29, 0.717) is 27.7 Å². The fourth-order valence-corrected chi connectivity index (χ4v) is 3.28. The van der Waals surface area contributed by atoms with Crippen molar-refractivity contribution in [1.82, 2.24) is 5.43 Å². The summed E-state index contributed by atoms with van der Waals surface area (Å²) in [6.45, 7) is 5.35. The molecular formula is C26H25ClN4O4. The summed E-state index contributed by atoms with van der Waals surface area (Å²) in [7, 11) is 0. The first-order chi connectivity index (χ1) is 16.7. The summed E-state index contributed by atoms with van der Waals surface area (Å²) in [6, 6.07) is 17.6. The summed E-state index contributed by atoms with van der Waals surface area (Å²) in [5.41, 5.74) is 6.58. The molecule has 0 unspecified atom stereocenters. The fraction of sp³-hybridized carbons (Fsp3) is 0.154. The van der Waals surface area contributed by atoms with Crippen LogP contribution in [0.25, 0.3) is 0 Å². The van der Waals surface area contributed by atoms with E-state index in [4.69, 9.17) is 16.3 Å². The fourth-order valence-electron chi connectivity index (χ4n) is 3.10. The molecule has 3 amide bonds. The largest absolute Gasteiger partial charge is 0.484 e. The Labute approximate surface area is 208 Å². The number of amides is 3. The summed E-state index contributed by atoms with van der Waals surface area (Å²) in [5, 5.41) is 9.70. The molecule has 0 saturated heterocycles. The number of rotatable bonds is 7. The zero-order chi connectivity index (χ0) is 25.4. The van der Waals surface area contributed by atoms with Crippen LogP contribution >= 0.6 is 11.6 Å². The molecule has 3 aromatic carbocycles. The third-order valence-electron chi connectivity index (χ3n) is 4.99. The molecule has 0 aliphatic carbocycles. The Hall–Kier alpha value is -4.17. The van der Waals surface area contributed by atoms with Crippen LogP contribution in [0.5, 0.6) is 5.75 Å². The monoisotopic (exact) mass is 492 g/mol. The van der Waals surface area contributed by atoms with E-state index in [1.165, 1.54) is 6.21 Å². The molecule has 0 atom stereocenters. The molecule has 0 spiro atoms. The number of carbonyl (C=O) groups excluding carboxylic acids is 3. The third kappa shape index (κ3) is 7.41. The van der Waals surface area contributed by atoms with Crippen LogP contribution in [0.1, 0.15) is 22.3 Å². The molecule has 0 aromatic heterocycles. The SMILES string of the molecule is Cc1ccc(NC(=O)COc2cccc(/C=N\NC(=O)C(=O)Nc3c(C)cccc3C)c2)cc1Cl. The molecule has 0 aliphatic rings. The molecule has 3 rings (SSSR count). The standard InChI is InChI=1S/C26H25ClN4O4/c1-16-10-11-20(13-22(16)27)29-23(32)15-35-21-9-5-8-19(12-21)14-28-31-26(34)25(33)30-24-17(2)6-4-7-18(24)3/h4-14H,15H2,1-3H3,(H,29,32)(H,30,33)(H,31,34)/b28-14-. The van der Waals surface area contributed by atoms with Gasteiger partial charge in [-0.3, -0.25) is 14.4 Å². The Kier molecular flexibility index (Phi) is 8.58. The van der Waals surface area contributed by atoms with Crippen molar-refractivity contribution in [2.75, 3.05) is 17.2 Å². The number of hydrogen-bond acceptors (Lipinski definition) is 5. The smallest absolute Gasteiger partial charge is 0.329 e. The van der Waals surface area contributed by atoms with Crippen molar-refractivity contribution < 1.29 is 19.1 Å². The maximum Gasteiger partial charge on any atom is 0.329 e. The first-order valence-electron chi connectivity index (χ1n) is 10.7. The average molecular weight is 493 g/mol. The van der Waals surface area contributed by atoms with Crippen molar-refractivity contribution in [1.29, 1.82) is 0 Å². The minimum Gasteiger partial charge on any atom is -0.484 e. The Bertz CT molecular complexity index is 1270. The van der Waals surface area contributed by atoms with Gasteiger partial charge in [0, 0.05) is 16.4 Å². The van der Waals surface area contributed by atoms with Gasteiger partial charge in [-0.25, -0.2) is 5.43 Å². The number of halogens is 1. The van der Waals surface area contributed by atoms with Crippen LogP contribution in [0.2, 0.25) is 5.02 Å². The van der Waals surface area contributed by atoms with E-state index in [9.17, 15) is 14.4 Å². The van der Waals surface area contributed by atoms with Gasteiger partial charge in [0.25, 0.3) is 5.91 Å². The predicted octanol–water partition coefficient (Wildman–Crippen LogP) is 4.37. The van der Waals surface area contributed by atoms with Gasteiger partial charge >= 0.3 is 11.8 Å². The third-order valence-corrected chi connectivity index (χ3v) is 5.40. The van der Waals surface area contributed by atoms with Gasteiger partial charge in [-0.2, -0.15) is 5.10 Å². The summed E-state index contributed by atoms with van der Waals surface area (Å²) in [4.78, 5) is 36.4. The van der Waals surface area contributed by atoms with E-state index in [2.05, 4.69) is 21.2 Å². The lowest BCUT2D eigenvalue weighted by Gasteiger charge is -2.10. The van der Waals surface area contributed by atoms with Gasteiger partial charge in [0.1, 0.15) is 5.75 Å². The molecule has 0 bridgehead atoms. The van der Waals surface area contributed by atoms with Gasteiger partial charge in [-0.15, -0.1) is 0 Å². The van der Waals surface area contributed by atoms with Gasteiger partial charge in [0.2, 0.25) is 0 Å². The summed E-state index contributed by atoms with van der Waals surface area (Å²) in [6.07, 6.45) is 1.37. The summed E-state index contributed by atoms with van der Waals surface area (Å²) >= 11 is 6.07. The summed E-state index contributed by atoms with van der Waals surface area (Å²) in [5.74, 6) is -1.63. The zero-order valence-corrected chi connectivity index (χ0v) is 20.3. The Morgan fingerprint density at radius 1 is 0.886 bits per heavy atom. The predicted molar refractivity (Wildman–Crippen MR) is 137 cm³/mol. The van der Waals surface area contributed by atoms with Crippen molar-refractivity contribution in [2.45, 2.75) is 20.8 Å². The van der Waals surface area contributed by atoms with E-state index in [1.54, 1.807) is 36.4 Å². The molecular weight excluding hydrogens is 468 g/mol. The molecule has 3 aromatic rings. The highest BCUT2D eigenvalue weighted by Gasteiger charge is 2.15. The maximum atomic E-state index is 12.2. The molecule has 35 heavy (non-hydrogen) atoms.